The molecule has 0 saturated heterocycles. The van der Waals surface area contributed by atoms with Gasteiger partial charge in [0.05, 0.1) is 6.04 Å². The van der Waals surface area contributed by atoms with E-state index in [1.165, 1.54) is 4.88 Å². The summed E-state index contributed by atoms with van der Waals surface area (Å²) in [7, 11) is 0. The van der Waals surface area contributed by atoms with E-state index in [9.17, 15) is 9.90 Å². The van der Waals surface area contributed by atoms with E-state index in [4.69, 9.17) is 0 Å². The van der Waals surface area contributed by atoms with Crippen LogP contribution >= 0.6 is 11.3 Å². The molecule has 2 aromatic rings. The van der Waals surface area contributed by atoms with Crippen LogP contribution in [0.3, 0.4) is 0 Å². The molecule has 0 aliphatic rings. The highest BCUT2D eigenvalue weighted by atomic mass is 32.1. The molecule has 1 aromatic carbocycles. The Kier molecular flexibility index (Phi) is 6.43. The molecular formula is C17H22N2O2S. The Morgan fingerprint density at radius 2 is 1.95 bits per heavy atom. The summed E-state index contributed by atoms with van der Waals surface area (Å²) in [5.41, 5.74) is 0.998. The first-order valence-corrected chi connectivity index (χ1v) is 8.32. The molecule has 0 spiro atoms. The number of benzene rings is 1. The minimum absolute atomic E-state index is 0.0323. The van der Waals surface area contributed by atoms with E-state index in [1.54, 1.807) is 11.3 Å². The van der Waals surface area contributed by atoms with Crippen LogP contribution in [0.25, 0.3) is 0 Å². The molecule has 1 aromatic heterocycles. The first-order chi connectivity index (χ1) is 10.7. The van der Waals surface area contributed by atoms with Crippen molar-refractivity contribution in [2.24, 2.45) is 0 Å². The summed E-state index contributed by atoms with van der Waals surface area (Å²) in [5.74, 6) is 0. The van der Waals surface area contributed by atoms with E-state index in [0.29, 0.717) is 6.42 Å². The van der Waals surface area contributed by atoms with E-state index in [-0.39, 0.29) is 24.7 Å². The Bertz CT molecular complexity index is 557. The smallest absolute Gasteiger partial charge is 0.315 e. The van der Waals surface area contributed by atoms with Gasteiger partial charge in [-0.3, -0.25) is 0 Å². The zero-order valence-corrected chi connectivity index (χ0v) is 13.5. The van der Waals surface area contributed by atoms with Crippen LogP contribution in [0.4, 0.5) is 4.79 Å². The Morgan fingerprint density at radius 1 is 1.18 bits per heavy atom. The third-order valence-corrected chi connectivity index (χ3v) is 4.29. The van der Waals surface area contributed by atoms with Crippen LogP contribution in [-0.2, 0) is 6.42 Å². The summed E-state index contributed by atoms with van der Waals surface area (Å²) in [6, 6.07) is 13.5. The quantitative estimate of drug-likeness (QED) is 0.734. The molecule has 1 heterocycles. The molecule has 3 N–H and O–H groups in total. The monoisotopic (exact) mass is 318 g/mol. The Labute approximate surface area is 135 Å². The number of hydrogen-bond donors (Lipinski definition) is 3. The average Bonchev–Trinajstić information content (AvgIpc) is 3.00. The number of aliphatic hydroxyl groups is 1. The fraction of sp³-hybridized carbons (Fsp3) is 0.353. The number of thiophene rings is 1. The molecule has 118 valence electrons. The standard InChI is InChI=1S/C17H22N2O2S/c1-13(12-15-8-5-11-22-15)18-17(21)19-16(9-10-20)14-6-3-2-4-7-14/h2-8,11,13,16,20H,9-10,12H2,1H3,(H2,18,19,21)/t13?,16-/m1/s1. The van der Waals surface area contributed by atoms with Crippen LogP contribution in [-0.4, -0.2) is 23.8 Å². The summed E-state index contributed by atoms with van der Waals surface area (Å²) in [6.45, 7) is 2.02. The van der Waals surface area contributed by atoms with Gasteiger partial charge in [-0.15, -0.1) is 11.3 Å². The molecule has 2 amide bonds. The highest BCUT2D eigenvalue weighted by molar-refractivity contribution is 7.09. The fourth-order valence-corrected chi connectivity index (χ4v) is 3.18. The molecule has 5 heteroatoms. The topological polar surface area (TPSA) is 61.4 Å². The Balaban J connectivity index is 1.88. The van der Waals surface area contributed by atoms with Crippen LogP contribution in [0.1, 0.15) is 29.8 Å². The number of urea groups is 1. The molecule has 0 bridgehead atoms. The summed E-state index contributed by atoms with van der Waals surface area (Å²) >= 11 is 1.69. The van der Waals surface area contributed by atoms with Crippen LogP contribution in [0, 0.1) is 0 Å². The van der Waals surface area contributed by atoms with Gasteiger partial charge in [-0.25, -0.2) is 4.79 Å². The van der Waals surface area contributed by atoms with Crippen LogP contribution < -0.4 is 10.6 Å². The second-order valence-corrected chi connectivity index (χ2v) is 6.31. The van der Waals surface area contributed by atoms with Gasteiger partial charge < -0.3 is 15.7 Å². The van der Waals surface area contributed by atoms with Crippen LogP contribution in [0.5, 0.6) is 0 Å². The molecule has 0 aliphatic heterocycles. The highest BCUT2D eigenvalue weighted by Gasteiger charge is 2.15. The minimum Gasteiger partial charge on any atom is -0.396 e. The summed E-state index contributed by atoms with van der Waals surface area (Å²) in [4.78, 5) is 13.4. The van der Waals surface area contributed by atoms with E-state index < -0.39 is 0 Å². The number of aliphatic hydroxyl groups excluding tert-OH is 1. The number of amides is 2. The second-order valence-electron chi connectivity index (χ2n) is 5.28. The van der Waals surface area contributed by atoms with Gasteiger partial charge in [0, 0.05) is 23.9 Å². The zero-order chi connectivity index (χ0) is 15.8. The summed E-state index contributed by atoms with van der Waals surface area (Å²) in [5, 5.41) is 17.1. The van der Waals surface area contributed by atoms with Crippen molar-refractivity contribution in [2.75, 3.05) is 6.61 Å². The SMILES string of the molecule is CC(Cc1cccs1)NC(=O)N[C@H](CCO)c1ccccc1. The second kappa shape index (κ2) is 8.56. The van der Waals surface area contributed by atoms with Gasteiger partial charge in [-0.05, 0) is 30.4 Å². The van der Waals surface area contributed by atoms with Crippen molar-refractivity contribution >= 4 is 17.4 Å². The van der Waals surface area contributed by atoms with E-state index in [2.05, 4.69) is 16.7 Å². The molecule has 4 nitrogen and oxygen atoms in total. The van der Waals surface area contributed by atoms with Crippen molar-refractivity contribution in [1.29, 1.82) is 0 Å². The summed E-state index contributed by atoms with van der Waals surface area (Å²) < 4.78 is 0. The fourth-order valence-electron chi connectivity index (χ4n) is 2.34. The molecule has 1 unspecified atom stereocenters. The minimum atomic E-state index is -0.202. The number of rotatable bonds is 7. The van der Waals surface area contributed by atoms with E-state index in [0.717, 1.165) is 12.0 Å². The molecule has 22 heavy (non-hydrogen) atoms. The van der Waals surface area contributed by atoms with Gasteiger partial charge in [0.15, 0.2) is 0 Å². The van der Waals surface area contributed by atoms with E-state index >= 15 is 0 Å². The van der Waals surface area contributed by atoms with Crippen molar-refractivity contribution in [1.82, 2.24) is 10.6 Å². The first kappa shape index (κ1) is 16.5. The van der Waals surface area contributed by atoms with Crippen molar-refractivity contribution in [3.8, 4) is 0 Å². The molecule has 0 fully saturated rings. The molecule has 0 saturated carbocycles. The Morgan fingerprint density at radius 3 is 2.59 bits per heavy atom. The maximum atomic E-state index is 12.1. The molecule has 2 rings (SSSR count). The summed E-state index contributed by atoms with van der Waals surface area (Å²) in [6.07, 6.45) is 1.32. The molecular weight excluding hydrogens is 296 g/mol. The number of hydrogen-bond acceptors (Lipinski definition) is 3. The number of nitrogens with one attached hydrogen (secondary N) is 2. The predicted molar refractivity (Wildman–Crippen MR) is 90.0 cm³/mol. The number of carbonyl (C=O) groups excluding carboxylic acids is 1. The zero-order valence-electron chi connectivity index (χ0n) is 12.7. The van der Waals surface area contributed by atoms with Gasteiger partial charge in [-0.1, -0.05) is 36.4 Å². The predicted octanol–water partition coefficient (Wildman–Crippen LogP) is 3.10. The van der Waals surface area contributed by atoms with Crippen molar-refractivity contribution in [2.45, 2.75) is 31.8 Å². The lowest BCUT2D eigenvalue weighted by molar-refractivity contribution is 0.226. The van der Waals surface area contributed by atoms with Crippen LogP contribution in [0.2, 0.25) is 0 Å². The van der Waals surface area contributed by atoms with Crippen molar-refractivity contribution < 1.29 is 9.90 Å². The largest absolute Gasteiger partial charge is 0.396 e. The lowest BCUT2D eigenvalue weighted by Crippen LogP contribution is -2.43. The third kappa shape index (κ3) is 5.16. The van der Waals surface area contributed by atoms with Crippen molar-refractivity contribution in [3.05, 3.63) is 58.3 Å². The maximum Gasteiger partial charge on any atom is 0.315 e. The Hall–Kier alpha value is -1.85. The lowest BCUT2D eigenvalue weighted by atomic mass is 10.0. The molecule has 2 atom stereocenters. The average molecular weight is 318 g/mol. The maximum absolute atomic E-state index is 12.1. The number of carbonyl (C=O) groups is 1. The lowest BCUT2D eigenvalue weighted by Gasteiger charge is -2.20. The molecule has 0 aliphatic carbocycles. The highest BCUT2D eigenvalue weighted by Crippen LogP contribution is 2.16. The van der Waals surface area contributed by atoms with Gasteiger partial charge in [-0.2, -0.15) is 0 Å². The van der Waals surface area contributed by atoms with Gasteiger partial charge >= 0.3 is 6.03 Å². The third-order valence-electron chi connectivity index (χ3n) is 3.39. The first-order valence-electron chi connectivity index (χ1n) is 7.44. The van der Waals surface area contributed by atoms with Gasteiger partial charge in [0.25, 0.3) is 0 Å². The normalized spacial score (nSPS) is 13.4. The molecule has 0 radical (unpaired) electrons. The van der Waals surface area contributed by atoms with Crippen LogP contribution in [0.15, 0.2) is 47.8 Å². The van der Waals surface area contributed by atoms with Gasteiger partial charge in [0.1, 0.15) is 0 Å². The van der Waals surface area contributed by atoms with Gasteiger partial charge in [0.2, 0.25) is 0 Å². The van der Waals surface area contributed by atoms with Crippen molar-refractivity contribution in [3.63, 3.8) is 0 Å². The van der Waals surface area contributed by atoms with E-state index in [1.807, 2.05) is 48.7 Å².